The Kier molecular flexibility index (Phi) is 8.21. The predicted molar refractivity (Wildman–Crippen MR) is 134 cm³/mol. The van der Waals surface area contributed by atoms with Gasteiger partial charge in [-0.3, -0.25) is 14.5 Å². The summed E-state index contributed by atoms with van der Waals surface area (Å²) in [5, 5.41) is 11.2. The van der Waals surface area contributed by atoms with E-state index >= 15 is 0 Å². The summed E-state index contributed by atoms with van der Waals surface area (Å²) in [6.45, 7) is 8.96. The third-order valence-corrected chi connectivity index (χ3v) is 6.49. The first-order valence-electron chi connectivity index (χ1n) is 12.4. The second-order valence-corrected chi connectivity index (χ2v) is 9.09. The van der Waals surface area contributed by atoms with Crippen molar-refractivity contribution in [1.29, 1.82) is 0 Å². The summed E-state index contributed by atoms with van der Waals surface area (Å²) in [5.74, 6) is -0.702. The Morgan fingerprint density at radius 3 is 2.54 bits per heavy atom. The fraction of sp³-hybridized carbons (Fsp3) is 0.429. The molecule has 2 aromatic rings. The van der Waals surface area contributed by atoms with Gasteiger partial charge >= 0.3 is 0 Å². The lowest BCUT2D eigenvalue weighted by atomic mass is 9.95. The molecule has 186 valence electrons. The van der Waals surface area contributed by atoms with Crippen molar-refractivity contribution in [3.8, 4) is 5.75 Å². The van der Waals surface area contributed by atoms with Gasteiger partial charge in [0.15, 0.2) is 0 Å². The van der Waals surface area contributed by atoms with Crippen LogP contribution in [0.3, 0.4) is 0 Å². The Hall–Kier alpha value is -3.16. The summed E-state index contributed by atoms with van der Waals surface area (Å²) in [5.41, 5.74) is 2.43. The third-order valence-electron chi connectivity index (χ3n) is 6.49. The fourth-order valence-corrected chi connectivity index (χ4v) is 4.61. The van der Waals surface area contributed by atoms with E-state index in [1.807, 2.05) is 50.2 Å². The van der Waals surface area contributed by atoms with Crippen molar-refractivity contribution in [3.63, 3.8) is 0 Å². The van der Waals surface area contributed by atoms with E-state index in [4.69, 9.17) is 9.47 Å². The third kappa shape index (κ3) is 5.74. The van der Waals surface area contributed by atoms with Crippen LogP contribution in [0.25, 0.3) is 5.76 Å². The molecule has 7 heteroatoms. The van der Waals surface area contributed by atoms with Gasteiger partial charge in [0, 0.05) is 31.7 Å². The SMILES string of the molecule is CCCOc1cccc([C@H]2/C(=C(\O)c3ccc(C)cc3)C(=O)C(=O)N2CCCN2CCOCC2)c1. The molecular weight excluding hydrogens is 444 g/mol. The van der Waals surface area contributed by atoms with Crippen LogP contribution in [-0.2, 0) is 14.3 Å². The Morgan fingerprint density at radius 2 is 1.83 bits per heavy atom. The number of amides is 1. The molecular formula is C28H34N2O5. The van der Waals surface area contributed by atoms with Gasteiger partial charge in [0.1, 0.15) is 11.5 Å². The van der Waals surface area contributed by atoms with Crippen molar-refractivity contribution in [2.24, 2.45) is 0 Å². The van der Waals surface area contributed by atoms with Gasteiger partial charge in [-0.25, -0.2) is 0 Å². The molecule has 1 amide bonds. The van der Waals surface area contributed by atoms with Crippen LogP contribution in [0.5, 0.6) is 5.75 Å². The molecule has 0 unspecified atom stereocenters. The van der Waals surface area contributed by atoms with Gasteiger partial charge in [0.25, 0.3) is 11.7 Å². The number of aliphatic hydroxyl groups excluding tert-OH is 1. The zero-order chi connectivity index (χ0) is 24.8. The molecule has 1 N–H and O–H groups in total. The molecule has 0 spiro atoms. The number of ether oxygens (including phenoxy) is 2. The minimum atomic E-state index is -0.675. The molecule has 0 bridgehead atoms. The number of carbonyl (C=O) groups excluding carboxylic acids is 2. The number of morpholine rings is 1. The number of nitrogens with zero attached hydrogens (tertiary/aromatic N) is 2. The molecule has 35 heavy (non-hydrogen) atoms. The molecule has 2 saturated heterocycles. The number of aryl methyl sites for hydroxylation is 1. The van der Waals surface area contributed by atoms with Crippen LogP contribution >= 0.6 is 0 Å². The maximum atomic E-state index is 13.2. The zero-order valence-corrected chi connectivity index (χ0v) is 20.5. The molecule has 7 nitrogen and oxygen atoms in total. The maximum absolute atomic E-state index is 13.2. The normalized spacial score (nSPS) is 20.4. The highest BCUT2D eigenvalue weighted by Crippen LogP contribution is 2.40. The van der Waals surface area contributed by atoms with E-state index < -0.39 is 17.7 Å². The van der Waals surface area contributed by atoms with Gasteiger partial charge in [0.2, 0.25) is 0 Å². The fourth-order valence-electron chi connectivity index (χ4n) is 4.61. The highest BCUT2D eigenvalue weighted by atomic mass is 16.5. The smallest absolute Gasteiger partial charge is 0.295 e. The summed E-state index contributed by atoms with van der Waals surface area (Å²) in [6, 6.07) is 14.1. The molecule has 0 aromatic heterocycles. The summed E-state index contributed by atoms with van der Waals surface area (Å²) >= 11 is 0. The first-order valence-corrected chi connectivity index (χ1v) is 12.4. The van der Waals surface area contributed by atoms with Gasteiger partial charge < -0.3 is 19.5 Å². The lowest BCUT2D eigenvalue weighted by molar-refractivity contribution is -0.140. The van der Waals surface area contributed by atoms with Crippen LogP contribution in [0.4, 0.5) is 0 Å². The number of rotatable bonds is 9. The lowest BCUT2D eigenvalue weighted by Gasteiger charge is -2.29. The maximum Gasteiger partial charge on any atom is 0.295 e. The number of hydrogen-bond donors (Lipinski definition) is 1. The number of likely N-dealkylation sites (tertiary alicyclic amines) is 1. The molecule has 4 rings (SSSR count). The van der Waals surface area contributed by atoms with Gasteiger partial charge in [0.05, 0.1) is 31.4 Å². The summed E-state index contributed by atoms with van der Waals surface area (Å²) in [7, 11) is 0. The van der Waals surface area contributed by atoms with E-state index in [2.05, 4.69) is 4.90 Å². The van der Waals surface area contributed by atoms with E-state index in [-0.39, 0.29) is 11.3 Å². The Labute approximate surface area is 206 Å². The van der Waals surface area contributed by atoms with E-state index in [0.29, 0.717) is 37.7 Å². The largest absolute Gasteiger partial charge is 0.507 e. The van der Waals surface area contributed by atoms with E-state index in [1.165, 1.54) is 0 Å². The molecule has 0 radical (unpaired) electrons. The van der Waals surface area contributed by atoms with Gasteiger partial charge in [-0.15, -0.1) is 0 Å². The molecule has 0 saturated carbocycles. The monoisotopic (exact) mass is 478 g/mol. The summed E-state index contributed by atoms with van der Waals surface area (Å²) in [6.07, 6.45) is 1.60. The predicted octanol–water partition coefficient (Wildman–Crippen LogP) is 3.93. The van der Waals surface area contributed by atoms with Crippen molar-refractivity contribution in [3.05, 3.63) is 70.8 Å². The Balaban J connectivity index is 1.67. The van der Waals surface area contributed by atoms with Gasteiger partial charge in [-0.1, -0.05) is 48.9 Å². The van der Waals surface area contributed by atoms with E-state index in [1.54, 1.807) is 17.0 Å². The number of hydrogen-bond acceptors (Lipinski definition) is 6. The van der Waals surface area contributed by atoms with Crippen molar-refractivity contribution in [2.75, 3.05) is 46.0 Å². The second kappa shape index (κ2) is 11.5. The summed E-state index contributed by atoms with van der Waals surface area (Å²) < 4.78 is 11.2. The quantitative estimate of drug-likeness (QED) is 0.334. The van der Waals surface area contributed by atoms with Crippen LogP contribution in [0.2, 0.25) is 0 Å². The highest BCUT2D eigenvalue weighted by molar-refractivity contribution is 6.46. The van der Waals surface area contributed by atoms with Gasteiger partial charge in [-0.2, -0.15) is 0 Å². The number of benzene rings is 2. The van der Waals surface area contributed by atoms with Crippen LogP contribution in [0.1, 0.15) is 42.5 Å². The molecule has 2 aliphatic rings. The van der Waals surface area contributed by atoms with Crippen molar-refractivity contribution < 1.29 is 24.2 Å². The highest BCUT2D eigenvalue weighted by Gasteiger charge is 2.46. The molecule has 0 aliphatic carbocycles. The van der Waals surface area contributed by atoms with Crippen molar-refractivity contribution >= 4 is 17.4 Å². The van der Waals surface area contributed by atoms with Crippen LogP contribution in [0.15, 0.2) is 54.1 Å². The Morgan fingerprint density at radius 1 is 1.09 bits per heavy atom. The Bertz CT molecular complexity index is 1070. The number of carbonyl (C=O) groups is 2. The molecule has 2 aliphatic heterocycles. The van der Waals surface area contributed by atoms with Gasteiger partial charge in [-0.05, 0) is 37.5 Å². The number of ketones is 1. The lowest BCUT2D eigenvalue weighted by Crippen LogP contribution is -2.38. The average Bonchev–Trinajstić information content (AvgIpc) is 3.13. The minimum Gasteiger partial charge on any atom is -0.507 e. The second-order valence-electron chi connectivity index (χ2n) is 9.09. The molecule has 1 atom stereocenters. The molecule has 2 aromatic carbocycles. The zero-order valence-electron chi connectivity index (χ0n) is 20.5. The van der Waals surface area contributed by atoms with Crippen molar-refractivity contribution in [2.45, 2.75) is 32.7 Å². The number of aliphatic hydroxyl groups is 1. The topological polar surface area (TPSA) is 79.3 Å². The minimum absolute atomic E-state index is 0.123. The summed E-state index contributed by atoms with van der Waals surface area (Å²) in [4.78, 5) is 30.3. The standard InChI is InChI=1S/C28H34N2O5/c1-3-16-35-23-7-4-6-22(19-23)25-24(26(31)21-10-8-20(2)9-11-21)27(32)28(33)30(25)13-5-12-29-14-17-34-18-15-29/h4,6-11,19,25,31H,3,5,12-18H2,1-2H3/b26-24+/t25-/m0/s1. The van der Waals surface area contributed by atoms with Crippen molar-refractivity contribution in [1.82, 2.24) is 9.80 Å². The van der Waals surface area contributed by atoms with Crippen LogP contribution < -0.4 is 4.74 Å². The number of Topliss-reactive ketones (excluding diaryl/α,β-unsaturated/α-hetero) is 1. The first kappa shape index (κ1) is 24.9. The first-order chi connectivity index (χ1) is 17.0. The van der Waals surface area contributed by atoms with Crippen LogP contribution in [-0.4, -0.2) is 72.6 Å². The molecule has 2 fully saturated rings. The molecule has 2 heterocycles. The van der Waals surface area contributed by atoms with E-state index in [0.717, 1.165) is 43.6 Å². The average molecular weight is 479 g/mol. The van der Waals surface area contributed by atoms with Crippen LogP contribution in [0, 0.1) is 6.92 Å². The van der Waals surface area contributed by atoms with E-state index in [9.17, 15) is 14.7 Å².